The zero-order chi connectivity index (χ0) is 15.5. The van der Waals surface area contributed by atoms with E-state index < -0.39 is 10.0 Å². The Labute approximate surface area is 143 Å². The fraction of sp³-hybridized carbons (Fsp3) is 0.286. The number of aryl methyl sites for hydroxylation is 1. The number of halogens is 1. The van der Waals surface area contributed by atoms with Crippen molar-refractivity contribution in [1.82, 2.24) is 5.32 Å². The highest BCUT2D eigenvalue weighted by atomic mass is 127. The van der Waals surface area contributed by atoms with E-state index in [9.17, 15) is 8.42 Å². The topological polar surface area (TPSA) is 58.2 Å². The van der Waals surface area contributed by atoms with Gasteiger partial charge in [-0.1, -0.05) is 13.0 Å². The Balaban J connectivity index is 2.25. The standard InChI is InChI=1S/C14H17IN2O2S2/c1-3-16-9-13-8-14(10(2)20-13)21(18,19)17-12-6-4-5-11(15)7-12/h4-8,16-17H,3,9H2,1-2H3. The van der Waals surface area contributed by atoms with Gasteiger partial charge in [0.15, 0.2) is 0 Å². The quantitative estimate of drug-likeness (QED) is 0.681. The molecule has 0 unspecified atom stereocenters. The molecule has 114 valence electrons. The van der Waals surface area contributed by atoms with Gasteiger partial charge in [0.05, 0.1) is 0 Å². The Hall–Kier alpha value is -0.640. The van der Waals surface area contributed by atoms with Gasteiger partial charge in [0, 0.05) is 25.6 Å². The molecule has 2 N–H and O–H groups in total. The Kier molecular flexibility index (Phi) is 5.64. The number of hydrogen-bond acceptors (Lipinski definition) is 4. The normalized spacial score (nSPS) is 11.6. The first-order chi connectivity index (χ1) is 9.92. The summed E-state index contributed by atoms with van der Waals surface area (Å²) in [5.41, 5.74) is 0.584. The predicted octanol–water partition coefficient (Wildman–Crippen LogP) is 3.57. The average molecular weight is 436 g/mol. The molecule has 0 spiro atoms. The summed E-state index contributed by atoms with van der Waals surface area (Å²) in [6, 6.07) is 9.05. The number of anilines is 1. The Bertz CT molecular complexity index is 726. The SMILES string of the molecule is CCNCc1cc(S(=O)(=O)Nc2cccc(I)c2)c(C)s1. The largest absolute Gasteiger partial charge is 0.312 e. The highest BCUT2D eigenvalue weighted by molar-refractivity contribution is 14.1. The van der Waals surface area contributed by atoms with Gasteiger partial charge in [-0.3, -0.25) is 4.72 Å². The maximum absolute atomic E-state index is 12.5. The third kappa shape index (κ3) is 4.41. The van der Waals surface area contributed by atoms with Crippen LogP contribution in [0, 0.1) is 10.5 Å². The smallest absolute Gasteiger partial charge is 0.263 e. The van der Waals surface area contributed by atoms with Gasteiger partial charge in [-0.15, -0.1) is 11.3 Å². The highest BCUT2D eigenvalue weighted by Crippen LogP contribution is 2.27. The van der Waals surface area contributed by atoms with Crippen molar-refractivity contribution in [2.75, 3.05) is 11.3 Å². The molecule has 0 fully saturated rings. The van der Waals surface area contributed by atoms with Crippen molar-refractivity contribution in [1.29, 1.82) is 0 Å². The van der Waals surface area contributed by atoms with Gasteiger partial charge in [0.25, 0.3) is 10.0 Å². The molecule has 0 aliphatic heterocycles. The lowest BCUT2D eigenvalue weighted by Gasteiger charge is -2.07. The molecule has 0 bridgehead atoms. The van der Waals surface area contributed by atoms with E-state index in [1.54, 1.807) is 18.2 Å². The summed E-state index contributed by atoms with van der Waals surface area (Å²) in [4.78, 5) is 2.19. The fourth-order valence-electron chi connectivity index (χ4n) is 1.89. The van der Waals surface area contributed by atoms with Crippen LogP contribution in [-0.4, -0.2) is 15.0 Å². The van der Waals surface area contributed by atoms with Gasteiger partial charge in [-0.25, -0.2) is 8.42 Å². The van der Waals surface area contributed by atoms with E-state index in [1.165, 1.54) is 11.3 Å². The number of thiophene rings is 1. The molecule has 1 aromatic carbocycles. The van der Waals surface area contributed by atoms with E-state index in [0.29, 0.717) is 17.1 Å². The molecule has 0 amide bonds. The van der Waals surface area contributed by atoms with Gasteiger partial charge < -0.3 is 5.32 Å². The van der Waals surface area contributed by atoms with Crippen molar-refractivity contribution in [3.05, 3.63) is 43.7 Å². The first-order valence-corrected chi connectivity index (χ1v) is 9.88. The molecule has 2 aromatic rings. The molecule has 2 rings (SSSR count). The minimum absolute atomic E-state index is 0.360. The van der Waals surface area contributed by atoms with Gasteiger partial charge in [0.2, 0.25) is 0 Å². The summed E-state index contributed by atoms with van der Waals surface area (Å²) in [6.45, 7) is 5.42. The molecule has 0 atom stereocenters. The number of hydrogen-bond donors (Lipinski definition) is 2. The molecule has 4 nitrogen and oxygen atoms in total. The highest BCUT2D eigenvalue weighted by Gasteiger charge is 2.20. The van der Waals surface area contributed by atoms with E-state index in [4.69, 9.17) is 0 Å². The van der Waals surface area contributed by atoms with Gasteiger partial charge in [0.1, 0.15) is 4.90 Å². The number of benzene rings is 1. The Morgan fingerprint density at radius 2 is 2.05 bits per heavy atom. The van der Waals surface area contributed by atoms with Crippen LogP contribution in [-0.2, 0) is 16.6 Å². The summed E-state index contributed by atoms with van der Waals surface area (Å²) in [7, 11) is -3.54. The maximum Gasteiger partial charge on any atom is 0.263 e. The van der Waals surface area contributed by atoms with E-state index in [0.717, 1.165) is 19.9 Å². The number of sulfonamides is 1. The molecular formula is C14H17IN2O2S2. The summed E-state index contributed by atoms with van der Waals surface area (Å²) in [6.07, 6.45) is 0. The zero-order valence-electron chi connectivity index (χ0n) is 11.8. The number of rotatable bonds is 6. The van der Waals surface area contributed by atoms with Crippen LogP contribution in [0.2, 0.25) is 0 Å². The molecule has 0 aliphatic rings. The molecule has 7 heteroatoms. The molecule has 1 aromatic heterocycles. The van der Waals surface area contributed by atoms with Crippen LogP contribution in [0.4, 0.5) is 5.69 Å². The molecule has 0 saturated carbocycles. The maximum atomic E-state index is 12.5. The first-order valence-electron chi connectivity index (χ1n) is 6.51. The number of nitrogens with one attached hydrogen (secondary N) is 2. The monoisotopic (exact) mass is 436 g/mol. The summed E-state index contributed by atoms with van der Waals surface area (Å²) in [5.74, 6) is 0. The lowest BCUT2D eigenvalue weighted by atomic mass is 10.3. The van der Waals surface area contributed by atoms with E-state index in [-0.39, 0.29) is 0 Å². The molecule has 0 aliphatic carbocycles. The van der Waals surface area contributed by atoms with Crippen LogP contribution in [0.1, 0.15) is 16.7 Å². The second kappa shape index (κ2) is 7.08. The van der Waals surface area contributed by atoms with Crippen LogP contribution in [0.3, 0.4) is 0 Å². The minimum atomic E-state index is -3.54. The first kappa shape index (κ1) is 16.7. The Morgan fingerprint density at radius 3 is 2.71 bits per heavy atom. The van der Waals surface area contributed by atoms with E-state index in [1.807, 2.05) is 26.0 Å². The Morgan fingerprint density at radius 1 is 1.29 bits per heavy atom. The lowest BCUT2D eigenvalue weighted by Crippen LogP contribution is -2.13. The van der Waals surface area contributed by atoms with Crippen molar-refractivity contribution < 1.29 is 8.42 Å². The van der Waals surface area contributed by atoms with Crippen molar-refractivity contribution in [3.63, 3.8) is 0 Å². The van der Waals surface area contributed by atoms with Crippen LogP contribution in [0.5, 0.6) is 0 Å². The average Bonchev–Trinajstić information content (AvgIpc) is 2.78. The van der Waals surface area contributed by atoms with Crippen LogP contribution in [0.15, 0.2) is 35.2 Å². The van der Waals surface area contributed by atoms with Gasteiger partial charge in [-0.05, 0) is 60.3 Å². The lowest BCUT2D eigenvalue weighted by molar-refractivity contribution is 0.601. The van der Waals surface area contributed by atoms with Crippen molar-refractivity contribution in [3.8, 4) is 0 Å². The molecule has 1 heterocycles. The second-order valence-electron chi connectivity index (χ2n) is 4.53. The van der Waals surface area contributed by atoms with Gasteiger partial charge >= 0.3 is 0 Å². The summed E-state index contributed by atoms with van der Waals surface area (Å²) < 4.78 is 28.6. The molecular weight excluding hydrogens is 419 g/mol. The third-order valence-electron chi connectivity index (χ3n) is 2.84. The van der Waals surface area contributed by atoms with Crippen LogP contribution >= 0.6 is 33.9 Å². The molecule has 0 saturated heterocycles. The van der Waals surface area contributed by atoms with Crippen LogP contribution in [0.25, 0.3) is 0 Å². The summed E-state index contributed by atoms with van der Waals surface area (Å²) in [5, 5.41) is 3.21. The van der Waals surface area contributed by atoms with Crippen molar-refractivity contribution >= 4 is 49.6 Å². The van der Waals surface area contributed by atoms with Crippen molar-refractivity contribution in [2.45, 2.75) is 25.3 Å². The van der Waals surface area contributed by atoms with E-state index >= 15 is 0 Å². The molecule has 21 heavy (non-hydrogen) atoms. The van der Waals surface area contributed by atoms with Gasteiger partial charge in [-0.2, -0.15) is 0 Å². The fourth-order valence-corrected chi connectivity index (χ4v) is 5.09. The zero-order valence-corrected chi connectivity index (χ0v) is 15.6. The minimum Gasteiger partial charge on any atom is -0.312 e. The van der Waals surface area contributed by atoms with Crippen LogP contribution < -0.4 is 10.0 Å². The summed E-state index contributed by atoms with van der Waals surface area (Å²) >= 11 is 3.67. The molecule has 0 radical (unpaired) electrons. The second-order valence-corrected chi connectivity index (χ2v) is 8.77. The predicted molar refractivity (Wildman–Crippen MR) is 96.4 cm³/mol. The van der Waals surface area contributed by atoms with E-state index in [2.05, 4.69) is 32.6 Å². The van der Waals surface area contributed by atoms with Crippen molar-refractivity contribution in [2.24, 2.45) is 0 Å². The third-order valence-corrected chi connectivity index (χ3v) is 6.20.